The summed E-state index contributed by atoms with van der Waals surface area (Å²) in [6, 6.07) is 3.00. The van der Waals surface area contributed by atoms with Gasteiger partial charge in [0.2, 0.25) is 10.0 Å². The van der Waals surface area contributed by atoms with Crippen LogP contribution in [-0.2, 0) is 16.6 Å². The zero-order valence-electron chi connectivity index (χ0n) is 12.8. The van der Waals surface area contributed by atoms with E-state index >= 15 is 0 Å². The highest BCUT2D eigenvalue weighted by Gasteiger charge is 2.23. The normalized spacial score (nSPS) is 12.7. The van der Waals surface area contributed by atoms with Gasteiger partial charge in [0.15, 0.2) is 0 Å². The van der Waals surface area contributed by atoms with E-state index in [2.05, 4.69) is 10.0 Å². The number of hydrogen-bond acceptors (Lipinski definition) is 3. The van der Waals surface area contributed by atoms with Crippen molar-refractivity contribution in [3.63, 3.8) is 0 Å². The van der Waals surface area contributed by atoms with Gasteiger partial charge in [0.05, 0.1) is 5.02 Å². The third-order valence-electron chi connectivity index (χ3n) is 2.78. The number of benzene rings is 1. The molecule has 0 atom stereocenters. The average Bonchev–Trinajstić information content (AvgIpc) is 2.35. The standard InChI is InChI=1S/C14H22Cl2N2O2S/c1-5-17-8-10-11(15)6-7-12(13(10)16)21(19,20)18-9-14(2,3)4/h6-7,17-18H,5,8-9H2,1-4H3. The molecule has 0 saturated heterocycles. The Morgan fingerprint density at radius 1 is 1.19 bits per heavy atom. The van der Waals surface area contributed by atoms with Crippen LogP contribution in [0, 0.1) is 5.41 Å². The highest BCUT2D eigenvalue weighted by Crippen LogP contribution is 2.31. The minimum absolute atomic E-state index is 0.0609. The first-order valence-electron chi connectivity index (χ1n) is 6.76. The lowest BCUT2D eigenvalue weighted by atomic mass is 9.98. The lowest BCUT2D eigenvalue weighted by Crippen LogP contribution is -2.32. The van der Waals surface area contributed by atoms with Crippen LogP contribution >= 0.6 is 23.2 Å². The Balaban J connectivity index is 3.13. The molecule has 4 nitrogen and oxygen atoms in total. The van der Waals surface area contributed by atoms with Crippen LogP contribution in [-0.4, -0.2) is 21.5 Å². The molecule has 0 aliphatic heterocycles. The fourth-order valence-corrected chi connectivity index (χ4v) is 3.78. The number of rotatable bonds is 6. The summed E-state index contributed by atoms with van der Waals surface area (Å²) in [6.07, 6.45) is 0. The van der Waals surface area contributed by atoms with Crippen molar-refractivity contribution >= 4 is 33.2 Å². The van der Waals surface area contributed by atoms with Gasteiger partial charge in [-0.15, -0.1) is 0 Å². The summed E-state index contributed by atoms with van der Waals surface area (Å²) in [4.78, 5) is 0.0609. The van der Waals surface area contributed by atoms with Crippen LogP contribution in [0.1, 0.15) is 33.3 Å². The maximum absolute atomic E-state index is 12.4. The molecule has 0 aromatic heterocycles. The van der Waals surface area contributed by atoms with Crippen molar-refractivity contribution in [2.75, 3.05) is 13.1 Å². The molecule has 1 aromatic rings. The monoisotopic (exact) mass is 352 g/mol. The van der Waals surface area contributed by atoms with E-state index in [1.54, 1.807) is 6.07 Å². The lowest BCUT2D eigenvalue weighted by Gasteiger charge is -2.19. The zero-order chi connectivity index (χ0) is 16.3. The highest BCUT2D eigenvalue weighted by atomic mass is 35.5. The van der Waals surface area contributed by atoms with Crippen LogP contribution < -0.4 is 10.0 Å². The van der Waals surface area contributed by atoms with Crippen LogP contribution in [0.15, 0.2) is 17.0 Å². The molecular formula is C14H22Cl2N2O2S. The fourth-order valence-electron chi connectivity index (χ4n) is 1.59. The second-order valence-electron chi connectivity index (χ2n) is 6.00. The van der Waals surface area contributed by atoms with Crippen molar-refractivity contribution in [1.82, 2.24) is 10.0 Å². The summed E-state index contributed by atoms with van der Waals surface area (Å²) >= 11 is 12.3. The lowest BCUT2D eigenvalue weighted by molar-refractivity contribution is 0.407. The van der Waals surface area contributed by atoms with E-state index in [-0.39, 0.29) is 15.3 Å². The van der Waals surface area contributed by atoms with Gasteiger partial charge in [-0.05, 0) is 24.1 Å². The van der Waals surface area contributed by atoms with Gasteiger partial charge in [0.1, 0.15) is 4.90 Å². The van der Waals surface area contributed by atoms with E-state index in [0.29, 0.717) is 23.7 Å². The molecule has 0 saturated carbocycles. The third kappa shape index (κ3) is 5.42. The van der Waals surface area contributed by atoms with Gasteiger partial charge in [0.25, 0.3) is 0 Å². The van der Waals surface area contributed by atoms with Gasteiger partial charge in [0, 0.05) is 23.7 Å². The predicted molar refractivity (Wildman–Crippen MR) is 88.5 cm³/mol. The summed E-state index contributed by atoms with van der Waals surface area (Å²) in [5.41, 5.74) is 0.442. The third-order valence-corrected chi connectivity index (χ3v) is 5.13. The first kappa shape index (κ1) is 18.7. The molecular weight excluding hydrogens is 331 g/mol. The van der Waals surface area contributed by atoms with Gasteiger partial charge in [-0.1, -0.05) is 50.9 Å². The molecule has 1 aromatic carbocycles. The minimum Gasteiger partial charge on any atom is -0.313 e. The van der Waals surface area contributed by atoms with Crippen LogP contribution in [0.4, 0.5) is 0 Å². The summed E-state index contributed by atoms with van der Waals surface area (Å²) in [7, 11) is -3.66. The molecule has 0 heterocycles. The van der Waals surface area contributed by atoms with Crippen molar-refractivity contribution in [2.45, 2.75) is 39.1 Å². The topological polar surface area (TPSA) is 58.2 Å². The maximum atomic E-state index is 12.4. The Bertz CT molecular complexity index is 596. The largest absolute Gasteiger partial charge is 0.313 e. The maximum Gasteiger partial charge on any atom is 0.242 e. The Morgan fingerprint density at radius 3 is 2.33 bits per heavy atom. The van der Waals surface area contributed by atoms with Crippen LogP contribution in [0.2, 0.25) is 10.0 Å². The van der Waals surface area contributed by atoms with Gasteiger partial charge in [-0.2, -0.15) is 0 Å². The summed E-state index contributed by atoms with van der Waals surface area (Å²) in [5.74, 6) is 0. The molecule has 0 bridgehead atoms. The molecule has 2 N–H and O–H groups in total. The molecule has 1 rings (SSSR count). The van der Waals surface area contributed by atoms with Gasteiger partial charge < -0.3 is 5.32 Å². The number of nitrogens with one attached hydrogen (secondary N) is 2. The molecule has 0 unspecified atom stereocenters. The average molecular weight is 353 g/mol. The Hall–Kier alpha value is -0.330. The number of halogens is 2. The molecule has 0 radical (unpaired) electrons. The molecule has 120 valence electrons. The van der Waals surface area contributed by atoms with E-state index in [9.17, 15) is 8.42 Å². The first-order valence-corrected chi connectivity index (χ1v) is 8.99. The smallest absolute Gasteiger partial charge is 0.242 e. The molecule has 0 aliphatic carbocycles. The molecule has 0 aliphatic rings. The fraction of sp³-hybridized carbons (Fsp3) is 0.571. The first-order chi connectivity index (χ1) is 9.58. The highest BCUT2D eigenvalue weighted by molar-refractivity contribution is 7.89. The SMILES string of the molecule is CCNCc1c(Cl)ccc(S(=O)(=O)NCC(C)(C)C)c1Cl. The van der Waals surface area contributed by atoms with Gasteiger partial charge in [-0.3, -0.25) is 0 Å². The van der Waals surface area contributed by atoms with Gasteiger partial charge >= 0.3 is 0 Å². The van der Waals surface area contributed by atoms with Crippen molar-refractivity contribution in [3.8, 4) is 0 Å². The van der Waals surface area contributed by atoms with E-state index < -0.39 is 10.0 Å². The Kier molecular flexibility index (Phi) is 6.50. The minimum atomic E-state index is -3.66. The quantitative estimate of drug-likeness (QED) is 0.824. The summed E-state index contributed by atoms with van der Waals surface area (Å²) in [6.45, 7) is 9.31. The summed E-state index contributed by atoms with van der Waals surface area (Å²) in [5, 5.41) is 3.72. The Labute approximate surface area is 137 Å². The van der Waals surface area contributed by atoms with Crippen molar-refractivity contribution in [1.29, 1.82) is 0 Å². The van der Waals surface area contributed by atoms with E-state index in [1.807, 2.05) is 27.7 Å². The van der Waals surface area contributed by atoms with E-state index in [4.69, 9.17) is 23.2 Å². The molecule has 0 fully saturated rings. The van der Waals surface area contributed by atoms with E-state index in [1.165, 1.54) is 6.07 Å². The second kappa shape index (κ2) is 7.29. The zero-order valence-corrected chi connectivity index (χ0v) is 15.1. The van der Waals surface area contributed by atoms with E-state index in [0.717, 1.165) is 6.54 Å². The van der Waals surface area contributed by atoms with Gasteiger partial charge in [-0.25, -0.2) is 13.1 Å². The second-order valence-corrected chi connectivity index (χ2v) is 8.52. The van der Waals surface area contributed by atoms with Crippen LogP contribution in [0.5, 0.6) is 0 Å². The van der Waals surface area contributed by atoms with Crippen molar-refractivity contribution in [3.05, 3.63) is 27.7 Å². The predicted octanol–water partition coefficient (Wildman–Crippen LogP) is 3.43. The van der Waals surface area contributed by atoms with Crippen molar-refractivity contribution < 1.29 is 8.42 Å². The number of hydrogen-bond donors (Lipinski definition) is 2. The molecule has 0 spiro atoms. The molecule has 0 amide bonds. The summed E-state index contributed by atoms with van der Waals surface area (Å²) < 4.78 is 27.3. The van der Waals surface area contributed by atoms with Crippen LogP contribution in [0.25, 0.3) is 0 Å². The number of sulfonamides is 1. The molecule has 7 heteroatoms. The molecule has 21 heavy (non-hydrogen) atoms. The van der Waals surface area contributed by atoms with Crippen molar-refractivity contribution in [2.24, 2.45) is 5.41 Å². The Morgan fingerprint density at radius 2 is 1.81 bits per heavy atom. The van der Waals surface area contributed by atoms with Crippen LogP contribution in [0.3, 0.4) is 0 Å².